The van der Waals surface area contributed by atoms with Gasteiger partial charge in [-0.1, -0.05) is 359 Å². The minimum absolute atomic E-state index is 0.0659. The van der Waals surface area contributed by atoms with Crippen molar-refractivity contribution >= 4 is 17.9 Å². The van der Waals surface area contributed by atoms with Crippen LogP contribution in [-0.2, 0) is 28.6 Å². The molecule has 0 saturated heterocycles. The molecule has 0 N–H and O–H groups in total. The van der Waals surface area contributed by atoms with Gasteiger partial charge in [0.25, 0.3) is 0 Å². The molecule has 0 aliphatic heterocycles. The summed E-state index contributed by atoms with van der Waals surface area (Å²) in [7, 11) is 0. The third kappa shape index (κ3) is 66.4. The Morgan fingerprint density at radius 2 is 0.450 bits per heavy atom. The number of carbonyl (C=O) groups is 3. The zero-order chi connectivity index (χ0) is 57.8. The second kappa shape index (κ2) is 69.1. The fraction of sp³-hybridized carbons (Fsp3) is 0.878. The van der Waals surface area contributed by atoms with Gasteiger partial charge in [0, 0.05) is 19.3 Å². The van der Waals surface area contributed by atoms with E-state index in [1.165, 1.54) is 289 Å². The maximum absolute atomic E-state index is 12.9. The maximum Gasteiger partial charge on any atom is 0.306 e. The summed E-state index contributed by atoms with van der Waals surface area (Å²) < 4.78 is 16.9. The Bertz CT molecular complexity index is 1340. The Balaban J connectivity index is 4.00. The Kier molecular flexibility index (Phi) is 67.1. The van der Waals surface area contributed by atoms with Gasteiger partial charge in [0.1, 0.15) is 13.2 Å². The van der Waals surface area contributed by atoms with Gasteiger partial charge in [0.2, 0.25) is 0 Å². The standard InChI is InChI=1S/C74H138O6/c1-4-7-10-13-16-18-20-22-24-26-28-30-32-34-35-36-37-38-39-40-42-43-45-47-49-51-53-55-58-61-64-67-73(76)79-70-71(69-78-72(75)66-63-60-57-15-12-9-6-3)80-74(77)68-65-62-59-56-54-52-50-48-46-44-41-33-31-29-27-25-23-21-19-17-14-11-8-5-2/h20,22,26,28,32,34,71H,4-19,21,23-25,27,29-31,33,35-70H2,1-3H3/b22-20-,28-26-,34-32-. The van der Waals surface area contributed by atoms with Crippen molar-refractivity contribution in [3.8, 4) is 0 Å². The van der Waals surface area contributed by atoms with Crippen molar-refractivity contribution in [1.29, 1.82) is 0 Å². The van der Waals surface area contributed by atoms with Gasteiger partial charge in [-0.15, -0.1) is 0 Å². The Morgan fingerprint density at radius 1 is 0.250 bits per heavy atom. The summed E-state index contributed by atoms with van der Waals surface area (Å²) in [6.45, 7) is 6.66. The molecule has 1 unspecified atom stereocenters. The number of ether oxygens (including phenoxy) is 3. The molecule has 0 aromatic carbocycles. The summed E-state index contributed by atoms with van der Waals surface area (Å²) in [6.07, 6.45) is 86.4. The van der Waals surface area contributed by atoms with Gasteiger partial charge in [-0.3, -0.25) is 14.4 Å². The van der Waals surface area contributed by atoms with Crippen molar-refractivity contribution in [3.63, 3.8) is 0 Å². The number of hydrogen-bond donors (Lipinski definition) is 0. The molecule has 80 heavy (non-hydrogen) atoms. The van der Waals surface area contributed by atoms with Crippen LogP contribution in [0.15, 0.2) is 36.5 Å². The molecule has 0 rings (SSSR count). The van der Waals surface area contributed by atoms with Crippen LogP contribution in [0.1, 0.15) is 400 Å². The van der Waals surface area contributed by atoms with Crippen LogP contribution in [0.25, 0.3) is 0 Å². The van der Waals surface area contributed by atoms with E-state index in [0.717, 1.165) is 70.6 Å². The van der Waals surface area contributed by atoms with E-state index in [1.54, 1.807) is 0 Å². The van der Waals surface area contributed by atoms with Crippen molar-refractivity contribution in [2.75, 3.05) is 13.2 Å². The average Bonchev–Trinajstić information content (AvgIpc) is 3.46. The largest absolute Gasteiger partial charge is 0.462 e. The van der Waals surface area contributed by atoms with Gasteiger partial charge in [-0.25, -0.2) is 0 Å². The first-order valence-electron chi connectivity index (χ1n) is 36.0. The first-order chi connectivity index (χ1) is 39.5. The maximum atomic E-state index is 12.9. The fourth-order valence-electron chi connectivity index (χ4n) is 11.0. The van der Waals surface area contributed by atoms with E-state index < -0.39 is 6.10 Å². The molecule has 0 spiro atoms. The zero-order valence-corrected chi connectivity index (χ0v) is 54.1. The minimum atomic E-state index is -0.766. The summed E-state index contributed by atoms with van der Waals surface area (Å²) in [6, 6.07) is 0. The lowest BCUT2D eigenvalue weighted by atomic mass is 10.0. The molecule has 0 aliphatic carbocycles. The molecular weight excluding hydrogens is 985 g/mol. The van der Waals surface area contributed by atoms with Crippen molar-refractivity contribution in [2.45, 2.75) is 406 Å². The highest BCUT2D eigenvalue weighted by Crippen LogP contribution is 2.19. The second-order valence-corrected chi connectivity index (χ2v) is 24.5. The van der Waals surface area contributed by atoms with Crippen molar-refractivity contribution in [3.05, 3.63) is 36.5 Å². The molecule has 0 saturated carbocycles. The Labute approximate surface area is 499 Å². The molecule has 0 aromatic rings. The van der Waals surface area contributed by atoms with Gasteiger partial charge in [-0.2, -0.15) is 0 Å². The third-order valence-corrected chi connectivity index (χ3v) is 16.4. The predicted octanol–water partition coefficient (Wildman–Crippen LogP) is 24.7. The van der Waals surface area contributed by atoms with Crippen molar-refractivity contribution in [2.24, 2.45) is 0 Å². The molecule has 0 amide bonds. The average molecular weight is 1120 g/mol. The molecule has 0 fully saturated rings. The molecule has 470 valence electrons. The Hall–Kier alpha value is -2.37. The normalized spacial score (nSPS) is 12.2. The number of allylic oxidation sites excluding steroid dienone is 6. The van der Waals surface area contributed by atoms with Crippen LogP contribution < -0.4 is 0 Å². The van der Waals surface area contributed by atoms with Gasteiger partial charge in [0.05, 0.1) is 0 Å². The molecule has 6 heteroatoms. The van der Waals surface area contributed by atoms with E-state index in [4.69, 9.17) is 14.2 Å². The minimum Gasteiger partial charge on any atom is -0.462 e. The smallest absolute Gasteiger partial charge is 0.306 e. The van der Waals surface area contributed by atoms with Crippen LogP contribution in [-0.4, -0.2) is 37.2 Å². The quantitative estimate of drug-likeness (QED) is 0.0261. The summed E-state index contributed by atoms with van der Waals surface area (Å²) in [5.41, 5.74) is 0. The molecule has 6 nitrogen and oxygen atoms in total. The summed E-state index contributed by atoms with van der Waals surface area (Å²) >= 11 is 0. The van der Waals surface area contributed by atoms with Gasteiger partial charge in [0.15, 0.2) is 6.10 Å². The number of esters is 3. The molecule has 0 aromatic heterocycles. The third-order valence-electron chi connectivity index (χ3n) is 16.4. The van der Waals surface area contributed by atoms with Gasteiger partial charge in [-0.05, 0) is 57.8 Å². The lowest BCUT2D eigenvalue weighted by molar-refractivity contribution is -0.167. The van der Waals surface area contributed by atoms with E-state index in [2.05, 4.69) is 57.2 Å². The Morgan fingerprint density at radius 3 is 0.700 bits per heavy atom. The molecule has 0 bridgehead atoms. The lowest BCUT2D eigenvalue weighted by Crippen LogP contribution is -2.30. The number of unbranched alkanes of at least 4 members (excludes halogenated alkanes) is 50. The predicted molar refractivity (Wildman–Crippen MR) is 349 cm³/mol. The van der Waals surface area contributed by atoms with E-state index in [-0.39, 0.29) is 31.1 Å². The first kappa shape index (κ1) is 77.6. The van der Waals surface area contributed by atoms with Crippen molar-refractivity contribution < 1.29 is 28.6 Å². The van der Waals surface area contributed by atoms with E-state index in [9.17, 15) is 14.4 Å². The van der Waals surface area contributed by atoms with Crippen LogP contribution >= 0.6 is 0 Å². The summed E-state index contributed by atoms with van der Waals surface area (Å²) in [5, 5.41) is 0. The summed E-state index contributed by atoms with van der Waals surface area (Å²) in [5.74, 6) is -0.844. The highest BCUT2D eigenvalue weighted by molar-refractivity contribution is 5.71. The van der Waals surface area contributed by atoms with E-state index >= 15 is 0 Å². The highest BCUT2D eigenvalue weighted by atomic mass is 16.6. The van der Waals surface area contributed by atoms with Gasteiger partial charge >= 0.3 is 17.9 Å². The van der Waals surface area contributed by atoms with Gasteiger partial charge < -0.3 is 14.2 Å². The van der Waals surface area contributed by atoms with Crippen LogP contribution in [0.3, 0.4) is 0 Å². The van der Waals surface area contributed by atoms with E-state index in [1.807, 2.05) is 0 Å². The summed E-state index contributed by atoms with van der Waals surface area (Å²) in [4.78, 5) is 38.2. The lowest BCUT2D eigenvalue weighted by Gasteiger charge is -2.18. The topological polar surface area (TPSA) is 78.9 Å². The van der Waals surface area contributed by atoms with Crippen LogP contribution in [0, 0.1) is 0 Å². The zero-order valence-electron chi connectivity index (χ0n) is 54.1. The SMILES string of the molecule is CCCCCCC/C=C\C/C=C\C/C=C\CCCCCCCCCCCCCCCCCCC(=O)OCC(COC(=O)CCCCCCCCC)OC(=O)CCCCCCCCCCCCCCCCCCCCCCCCCC. The molecule has 0 radical (unpaired) electrons. The number of rotatable bonds is 67. The van der Waals surface area contributed by atoms with Crippen LogP contribution in [0.2, 0.25) is 0 Å². The molecular formula is C74H138O6. The monoisotopic (exact) mass is 1120 g/mol. The first-order valence-corrected chi connectivity index (χ1v) is 36.0. The van der Waals surface area contributed by atoms with Crippen molar-refractivity contribution in [1.82, 2.24) is 0 Å². The molecule has 1 atom stereocenters. The van der Waals surface area contributed by atoms with Crippen LogP contribution in [0.5, 0.6) is 0 Å². The molecule has 0 heterocycles. The highest BCUT2D eigenvalue weighted by Gasteiger charge is 2.19. The van der Waals surface area contributed by atoms with E-state index in [0.29, 0.717) is 19.3 Å². The fourth-order valence-corrected chi connectivity index (χ4v) is 11.0. The number of carbonyl (C=O) groups excluding carboxylic acids is 3. The molecule has 0 aliphatic rings. The number of hydrogen-bond acceptors (Lipinski definition) is 6. The van der Waals surface area contributed by atoms with Crippen LogP contribution in [0.4, 0.5) is 0 Å². The second-order valence-electron chi connectivity index (χ2n) is 24.5.